The van der Waals surface area contributed by atoms with Crippen molar-refractivity contribution in [2.75, 3.05) is 39.4 Å². The normalized spacial score (nSPS) is 16.4. The quantitative estimate of drug-likeness (QED) is 0.435. The van der Waals surface area contributed by atoms with Crippen molar-refractivity contribution in [3.8, 4) is 5.75 Å². The fourth-order valence-corrected chi connectivity index (χ4v) is 2.39. The number of hydrogen-bond acceptors (Lipinski definition) is 6. The molecular weight excluding hydrogens is 314 g/mol. The van der Waals surface area contributed by atoms with Crippen LogP contribution in [0, 0.1) is 10.1 Å². The summed E-state index contributed by atoms with van der Waals surface area (Å²) in [6.45, 7) is 6.59. The van der Waals surface area contributed by atoms with Gasteiger partial charge in [-0.25, -0.2) is 0 Å². The number of amides is 1. The molecular formula is C16H23N3O5. The highest BCUT2D eigenvalue weighted by atomic mass is 16.6. The van der Waals surface area contributed by atoms with E-state index in [0.717, 1.165) is 39.3 Å². The number of ether oxygens (including phenoxy) is 2. The maximum absolute atomic E-state index is 12.0. The van der Waals surface area contributed by atoms with Crippen LogP contribution in [0.25, 0.3) is 0 Å². The van der Waals surface area contributed by atoms with Crippen LogP contribution in [0.5, 0.6) is 5.75 Å². The predicted molar refractivity (Wildman–Crippen MR) is 88.1 cm³/mol. The molecule has 1 aliphatic rings. The summed E-state index contributed by atoms with van der Waals surface area (Å²) >= 11 is 0. The van der Waals surface area contributed by atoms with E-state index in [9.17, 15) is 14.9 Å². The van der Waals surface area contributed by atoms with Gasteiger partial charge in [0, 0.05) is 31.8 Å². The van der Waals surface area contributed by atoms with Crippen LogP contribution in [0.3, 0.4) is 0 Å². The number of rotatable bonds is 8. The molecule has 1 aromatic rings. The third-order valence-electron chi connectivity index (χ3n) is 3.78. The number of carbonyl (C=O) groups excluding carboxylic acids is 1. The third kappa shape index (κ3) is 5.78. The lowest BCUT2D eigenvalue weighted by atomic mass is 10.3. The Labute approximate surface area is 140 Å². The predicted octanol–water partition coefficient (Wildman–Crippen LogP) is 1.20. The summed E-state index contributed by atoms with van der Waals surface area (Å²) in [5.74, 6) is 0.229. The number of nitro groups is 1. The molecule has 0 spiro atoms. The average molecular weight is 337 g/mol. The van der Waals surface area contributed by atoms with Crippen LogP contribution in [-0.4, -0.2) is 61.2 Å². The number of benzene rings is 1. The van der Waals surface area contributed by atoms with Gasteiger partial charge in [0.25, 0.3) is 11.6 Å². The van der Waals surface area contributed by atoms with Gasteiger partial charge in [0.1, 0.15) is 5.75 Å². The Hall–Kier alpha value is -2.19. The van der Waals surface area contributed by atoms with E-state index in [1.807, 2.05) is 0 Å². The number of nitrogens with zero attached hydrogens (tertiary/aromatic N) is 2. The maximum Gasteiger partial charge on any atom is 0.269 e. The molecule has 1 aromatic carbocycles. The van der Waals surface area contributed by atoms with E-state index >= 15 is 0 Å². The molecule has 132 valence electrons. The van der Waals surface area contributed by atoms with E-state index in [2.05, 4.69) is 10.2 Å². The Bertz CT molecular complexity index is 543. The van der Waals surface area contributed by atoms with Crippen LogP contribution >= 0.6 is 0 Å². The molecule has 1 heterocycles. The van der Waals surface area contributed by atoms with E-state index in [4.69, 9.17) is 9.47 Å². The highest BCUT2D eigenvalue weighted by Crippen LogP contribution is 2.18. The first-order chi connectivity index (χ1) is 11.6. The van der Waals surface area contributed by atoms with Crippen LogP contribution in [0.1, 0.15) is 13.3 Å². The highest BCUT2D eigenvalue weighted by Gasteiger charge is 2.15. The Morgan fingerprint density at radius 2 is 2.04 bits per heavy atom. The van der Waals surface area contributed by atoms with Gasteiger partial charge >= 0.3 is 0 Å². The van der Waals surface area contributed by atoms with Crippen molar-refractivity contribution in [3.05, 3.63) is 34.4 Å². The molecule has 0 bridgehead atoms. The third-order valence-corrected chi connectivity index (χ3v) is 3.78. The van der Waals surface area contributed by atoms with E-state index in [-0.39, 0.29) is 11.6 Å². The topological polar surface area (TPSA) is 93.9 Å². The van der Waals surface area contributed by atoms with Crippen molar-refractivity contribution in [1.29, 1.82) is 0 Å². The van der Waals surface area contributed by atoms with Crippen LogP contribution < -0.4 is 10.1 Å². The summed E-state index contributed by atoms with van der Waals surface area (Å²) in [5, 5.41) is 13.4. The van der Waals surface area contributed by atoms with Gasteiger partial charge < -0.3 is 14.8 Å². The van der Waals surface area contributed by atoms with Crippen molar-refractivity contribution < 1.29 is 19.2 Å². The largest absolute Gasteiger partial charge is 0.481 e. The minimum atomic E-state index is -0.658. The van der Waals surface area contributed by atoms with Crippen molar-refractivity contribution in [2.45, 2.75) is 19.4 Å². The van der Waals surface area contributed by atoms with E-state index in [0.29, 0.717) is 12.3 Å². The van der Waals surface area contributed by atoms with Gasteiger partial charge in [-0.2, -0.15) is 0 Å². The molecule has 0 aromatic heterocycles. The Morgan fingerprint density at radius 1 is 1.38 bits per heavy atom. The van der Waals surface area contributed by atoms with Crippen LogP contribution in [-0.2, 0) is 9.53 Å². The molecule has 1 atom stereocenters. The number of hydrogen-bond donors (Lipinski definition) is 1. The molecule has 1 aliphatic heterocycles. The first-order valence-electron chi connectivity index (χ1n) is 8.05. The van der Waals surface area contributed by atoms with E-state index in [1.165, 1.54) is 24.3 Å². The van der Waals surface area contributed by atoms with Crippen molar-refractivity contribution in [2.24, 2.45) is 0 Å². The molecule has 1 N–H and O–H groups in total. The number of non-ortho nitro benzene ring substituents is 1. The standard InChI is InChI=1S/C16H23N3O5/c1-13(24-15-5-3-14(4-6-15)19(21)22)16(20)17-7-2-8-18-9-11-23-12-10-18/h3-6,13H,2,7-12H2,1H3,(H,17,20)/t13-/m1/s1. The maximum atomic E-state index is 12.0. The zero-order chi connectivity index (χ0) is 17.4. The molecule has 2 rings (SSSR count). The zero-order valence-corrected chi connectivity index (χ0v) is 13.8. The molecule has 24 heavy (non-hydrogen) atoms. The van der Waals surface area contributed by atoms with Crippen molar-refractivity contribution in [3.63, 3.8) is 0 Å². The van der Waals surface area contributed by atoms with Gasteiger partial charge in [-0.3, -0.25) is 19.8 Å². The first-order valence-corrected chi connectivity index (χ1v) is 8.05. The molecule has 8 heteroatoms. The summed E-state index contributed by atoms with van der Waals surface area (Å²) in [7, 11) is 0. The smallest absolute Gasteiger partial charge is 0.269 e. The Kier molecular flexibility index (Phi) is 6.95. The van der Waals surface area contributed by atoms with Crippen LogP contribution in [0.4, 0.5) is 5.69 Å². The lowest BCUT2D eigenvalue weighted by Gasteiger charge is -2.26. The Balaban J connectivity index is 1.66. The molecule has 0 saturated carbocycles. The fraction of sp³-hybridized carbons (Fsp3) is 0.562. The molecule has 0 unspecified atom stereocenters. The van der Waals surface area contributed by atoms with E-state index in [1.54, 1.807) is 6.92 Å². The van der Waals surface area contributed by atoms with Gasteiger partial charge in [0.2, 0.25) is 0 Å². The van der Waals surface area contributed by atoms with Crippen molar-refractivity contribution >= 4 is 11.6 Å². The van der Waals surface area contributed by atoms with Gasteiger partial charge in [-0.1, -0.05) is 0 Å². The number of carbonyl (C=O) groups is 1. The number of nitro benzene ring substituents is 1. The Morgan fingerprint density at radius 3 is 2.67 bits per heavy atom. The van der Waals surface area contributed by atoms with Gasteiger partial charge in [-0.05, 0) is 32.0 Å². The monoisotopic (exact) mass is 337 g/mol. The first kappa shape index (κ1) is 18.2. The SMILES string of the molecule is C[C@@H](Oc1ccc([N+](=O)[O-])cc1)C(=O)NCCCN1CCOCC1. The summed E-state index contributed by atoms with van der Waals surface area (Å²) in [4.78, 5) is 24.4. The van der Waals surface area contributed by atoms with Gasteiger partial charge in [0.05, 0.1) is 18.1 Å². The van der Waals surface area contributed by atoms with Crippen LogP contribution in [0.15, 0.2) is 24.3 Å². The lowest BCUT2D eigenvalue weighted by Crippen LogP contribution is -2.40. The molecule has 8 nitrogen and oxygen atoms in total. The average Bonchev–Trinajstić information content (AvgIpc) is 2.60. The lowest BCUT2D eigenvalue weighted by molar-refractivity contribution is -0.384. The van der Waals surface area contributed by atoms with Gasteiger partial charge in [-0.15, -0.1) is 0 Å². The summed E-state index contributed by atoms with van der Waals surface area (Å²) in [6, 6.07) is 5.67. The minimum absolute atomic E-state index is 0.0115. The minimum Gasteiger partial charge on any atom is -0.481 e. The van der Waals surface area contributed by atoms with Crippen LogP contribution in [0.2, 0.25) is 0 Å². The van der Waals surface area contributed by atoms with Gasteiger partial charge in [0.15, 0.2) is 6.10 Å². The summed E-state index contributed by atoms with van der Waals surface area (Å²) < 4.78 is 10.8. The molecule has 0 radical (unpaired) electrons. The second-order valence-corrected chi connectivity index (χ2v) is 5.61. The summed E-state index contributed by atoms with van der Waals surface area (Å²) in [6.07, 6.45) is 0.213. The number of nitrogens with one attached hydrogen (secondary N) is 1. The second-order valence-electron chi connectivity index (χ2n) is 5.61. The van der Waals surface area contributed by atoms with E-state index < -0.39 is 11.0 Å². The second kappa shape index (κ2) is 9.19. The zero-order valence-electron chi connectivity index (χ0n) is 13.8. The number of morpholine rings is 1. The highest BCUT2D eigenvalue weighted by molar-refractivity contribution is 5.80. The molecule has 1 amide bonds. The summed E-state index contributed by atoms with van der Waals surface area (Å²) in [5.41, 5.74) is -0.0115. The molecule has 1 fully saturated rings. The van der Waals surface area contributed by atoms with Crippen molar-refractivity contribution in [1.82, 2.24) is 10.2 Å². The fourth-order valence-electron chi connectivity index (χ4n) is 2.39. The molecule has 1 saturated heterocycles. The molecule has 0 aliphatic carbocycles.